The van der Waals surface area contributed by atoms with Crippen molar-refractivity contribution in [1.29, 1.82) is 0 Å². The number of nitro benzene ring substituents is 3. The van der Waals surface area contributed by atoms with Gasteiger partial charge in [-0.3, -0.25) is 30.3 Å². The fraction of sp³-hybridized carbons (Fsp3) is 0. The fourth-order valence-electron chi connectivity index (χ4n) is 3.48. The average molecular weight is 472 g/mol. The minimum atomic E-state index is -0.954. The van der Waals surface area contributed by atoms with Gasteiger partial charge in [-0.15, -0.1) is 0 Å². The number of ether oxygens (including phenoxy) is 1. The van der Waals surface area contributed by atoms with Gasteiger partial charge in [0.1, 0.15) is 0 Å². The van der Waals surface area contributed by atoms with Crippen molar-refractivity contribution in [3.8, 4) is 11.5 Å². The summed E-state index contributed by atoms with van der Waals surface area (Å²) in [5, 5.41) is 34.6. The summed E-state index contributed by atoms with van der Waals surface area (Å²) >= 11 is 0. The molecule has 35 heavy (non-hydrogen) atoms. The zero-order valence-electron chi connectivity index (χ0n) is 17.9. The van der Waals surface area contributed by atoms with Crippen LogP contribution < -0.4 is 9.64 Å². The third kappa shape index (κ3) is 4.73. The summed E-state index contributed by atoms with van der Waals surface area (Å²) in [5.41, 5.74) is -0.672. The van der Waals surface area contributed by atoms with Crippen molar-refractivity contribution in [2.24, 2.45) is 0 Å². The van der Waals surface area contributed by atoms with E-state index in [0.717, 1.165) is 11.4 Å². The van der Waals surface area contributed by atoms with Gasteiger partial charge >= 0.3 is 11.4 Å². The molecule has 0 spiro atoms. The van der Waals surface area contributed by atoms with Gasteiger partial charge in [0.25, 0.3) is 11.4 Å². The van der Waals surface area contributed by atoms with Gasteiger partial charge < -0.3 is 9.64 Å². The van der Waals surface area contributed by atoms with E-state index in [-0.39, 0.29) is 5.75 Å². The van der Waals surface area contributed by atoms with Crippen LogP contribution in [0.2, 0.25) is 0 Å². The van der Waals surface area contributed by atoms with Crippen molar-refractivity contribution in [3.63, 3.8) is 0 Å². The summed E-state index contributed by atoms with van der Waals surface area (Å²) in [5.74, 6) is -0.639. The first kappa shape index (κ1) is 22.9. The van der Waals surface area contributed by atoms with Crippen LogP contribution in [0.1, 0.15) is 0 Å². The molecule has 11 nitrogen and oxygen atoms in total. The van der Waals surface area contributed by atoms with E-state index in [2.05, 4.69) is 0 Å². The summed E-state index contributed by atoms with van der Waals surface area (Å²) in [7, 11) is 0. The highest BCUT2D eigenvalue weighted by molar-refractivity contribution is 5.80. The molecule has 0 aliphatic carbocycles. The Bertz CT molecular complexity index is 1340. The molecule has 4 rings (SSSR count). The highest BCUT2D eigenvalue weighted by Gasteiger charge is 2.33. The van der Waals surface area contributed by atoms with E-state index in [1.54, 1.807) is 18.2 Å². The third-order valence-electron chi connectivity index (χ3n) is 4.99. The highest BCUT2D eigenvalue weighted by Crippen LogP contribution is 2.47. The van der Waals surface area contributed by atoms with Crippen LogP contribution in [0.4, 0.5) is 34.1 Å². The Hall–Kier alpha value is -5.32. The number of benzene rings is 4. The molecule has 4 aromatic carbocycles. The molecule has 0 N–H and O–H groups in total. The van der Waals surface area contributed by atoms with Crippen LogP contribution in [0.3, 0.4) is 0 Å². The second kappa shape index (κ2) is 9.67. The number of para-hydroxylation sites is 4. The number of hydrogen-bond donors (Lipinski definition) is 0. The maximum atomic E-state index is 11.7. The topological polar surface area (TPSA) is 142 Å². The SMILES string of the molecule is O=[N+]([O-])c1cc([N+](=O)[O-])c(Oc2ccccc2N(c2ccccc2)c2ccccc2)c([N+](=O)[O-])c1. The fourth-order valence-corrected chi connectivity index (χ4v) is 3.48. The summed E-state index contributed by atoms with van der Waals surface area (Å²) in [4.78, 5) is 33.5. The maximum Gasteiger partial charge on any atom is 0.325 e. The predicted molar refractivity (Wildman–Crippen MR) is 128 cm³/mol. The summed E-state index contributed by atoms with van der Waals surface area (Å²) in [6.07, 6.45) is 0. The molecule has 0 aliphatic heterocycles. The second-order valence-corrected chi connectivity index (χ2v) is 7.16. The molecular weight excluding hydrogens is 456 g/mol. The van der Waals surface area contributed by atoms with Crippen LogP contribution >= 0.6 is 0 Å². The van der Waals surface area contributed by atoms with Crippen LogP contribution in [-0.4, -0.2) is 14.8 Å². The van der Waals surface area contributed by atoms with Crippen molar-refractivity contribution in [2.45, 2.75) is 0 Å². The van der Waals surface area contributed by atoms with E-state index in [9.17, 15) is 30.3 Å². The average Bonchev–Trinajstić information content (AvgIpc) is 2.86. The first-order valence-electron chi connectivity index (χ1n) is 10.1. The van der Waals surface area contributed by atoms with Gasteiger partial charge in [0.15, 0.2) is 5.75 Å². The Labute approximate surface area is 197 Å². The first-order valence-corrected chi connectivity index (χ1v) is 10.1. The lowest BCUT2D eigenvalue weighted by molar-refractivity contribution is -0.404. The quantitative estimate of drug-likeness (QED) is 0.204. The third-order valence-corrected chi connectivity index (χ3v) is 4.99. The van der Waals surface area contributed by atoms with Gasteiger partial charge in [-0.05, 0) is 36.4 Å². The molecule has 0 saturated heterocycles. The summed E-state index contributed by atoms with van der Waals surface area (Å²) in [6.45, 7) is 0. The Morgan fingerprint density at radius 3 is 1.51 bits per heavy atom. The van der Waals surface area contributed by atoms with Crippen LogP contribution in [0.25, 0.3) is 0 Å². The molecule has 0 aromatic heterocycles. The standard InChI is InChI=1S/C24H16N4O7/c29-26(30)19-15-21(27(31)32)24(22(16-19)28(33)34)35-23-14-8-7-13-20(23)25(17-9-3-1-4-10-17)18-11-5-2-6-12-18/h1-16H. The highest BCUT2D eigenvalue weighted by atomic mass is 16.6. The number of anilines is 3. The first-order chi connectivity index (χ1) is 16.9. The minimum Gasteiger partial charge on any atom is -0.442 e. The molecule has 0 aliphatic rings. The zero-order chi connectivity index (χ0) is 24.9. The van der Waals surface area contributed by atoms with E-state index in [0.29, 0.717) is 17.8 Å². The van der Waals surface area contributed by atoms with E-state index in [1.807, 2.05) is 65.6 Å². The molecule has 0 radical (unpaired) electrons. The van der Waals surface area contributed by atoms with Crippen molar-refractivity contribution in [1.82, 2.24) is 0 Å². The number of rotatable bonds is 8. The molecule has 0 saturated carbocycles. The lowest BCUT2D eigenvalue weighted by atomic mass is 10.1. The Morgan fingerprint density at radius 1 is 0.600 bits per heavy atom. The summed E-state index contributed by atoms with van der Waals surface area (Å²) in [6, 6.07) is 26.2. The number of hydrogen-bond acceptors (Lipinski definition) is 8. The largest absolute Gasteiger partial charge is 0.442 e. The van der Waals surface area contributed by atoms with Gasteiger partial charge in [0.2, 0.25) is 0 Å². The molecule has 0 amide bonds. The lowest BCUT2D eigenvalue weighted by Crippen LogP contribution is -2.11. The predicted octanol–water partition coefficient (Wildman–Crippen LogP) is 6.67. The minimum absolute atomic E-state index is 0.0697. The van der Waals surface area contributed by atoms with Crippen LogP contribution in [0.15, 0.2) is 97.1 Å². The van der Waals surface area contributed by atoms with Crippen LogP contribution in [0, 0.1) is 30.3 Å². The maximum absolute atomic E-state index is 11.7. The van der Waals surface area contributed by atoms with Gasteiger partial charge in [-0.25, -0.2) is 0 Å². The molecule has 11 heteroatoms. The molecule has 4 aromatic rings. The Morgan fingerprint density at radius 2 is 1.06 bits per heavy atom. The van der Waals surface area contributed by atoms with Crippen molar-refractivity contribution >= 4 is 34.1 Å². The molecule has 174 valence electrons. The monoisotopic (exact) mass is 472 g/mol. The van der Waals surface area contributed by atoms with E-state index < -0.39 is 37.6 Å². The van der Waals surface area contributed by atoms with E-state index in [1.165, 1.54) is 6.07 Å². The smallest absolute Gasteiger partial charge is 0.325 e. The van der Waals surface area contributed by atoms with Gasteiger partial charge in [0, 0.05) is 11.4 Å². The molecule has 0 atom stereocenters. The van der Waals surface area contributed by atoms with Crippen LogP contribution in [0.5, 0.6) is 11.5 Å². The van der Waals surface area contributed by atoms with E-state index in [4.69, 9.17) is 4.74 Å². The van der Waals surface area contributed by atoms with Gasteiger partial charge in [-0.2, -0.15) is 0 Å². The van der Waals surface area contributed by atoms with E-state index >= 15 is 0 Å². The van der Waals surface area contributed by atoms with Crippen LogP contribution in [-0.2, 0) is 0 Å². The number of non-ortho nitro benzene ring substituents is 1. The second-order valence-electron chi connectivity index (χ2n) is 7.16. The van der Waals surface area contributed by atoms with Crippen molar-refractivity contribution in [3.05, 3.63) is 127 Å². The van der Waals surface area contributed by atoms with Gasteiger partial charge in [0.05, 0.1) is 32.6 Å². The molecule has 0 bridgehead atoms. The normalized spacial score (nSPS) is 10.4. The molecular formula is C24H16N4O7. The molecule has 0 fully saturated rings. The zero-order valence-corrected chi connectivity index (χ0v) is 17.9. The number of nitrogens with zero attached hydrogens (tertiary/aromatic N) is 4. The molecule has 0 unspecified atom stereocenters. The number of nitro groups is 3. The van der Waals surface area contributed by atoms with Crippen molar-refractivity contribution in [2.75, 3.05) is 4.90 Å². The Balaban J connectivity index is 1.91. The molecule has 0 heterocycles. The summed E-state index contributed by atoms with van der Waals surface area (Å²) < 4.78 is 5.81. The Kier molecular flexibility index (Phi) is 6.31. The van der Waals surface area contributed by atoms with Gasteiger partial charge in [-0.1, -0.05) is 48.5 Å². The van der Waals surface area contributed by atoms with Crippen molar-refractivity contribution < 1.29 is 19.5 Å². The lowest BCUT2D eigenvalue weighted by Gasteiger charge is -2.27.